The third-order valence-electron chi connectivity index (χ3n) is 4.28. The van der Waals surface area contributed by atoms with E-state index >= 15 is 0 Å². The van der Waals surface area contributed by atoms with E-state index in [4.69, 9.17) is 10.5 Å². The Morgan fingerprint density at radius 1 is 1.31 bits per heavy atom. The molecule has 1 fully saturated rings. The van der Waals surface area contributed by atoms with Crippen LogP contribution >= 0.6 is 24.0 Å². The van der Waals surface area contributed by atoms with Gasteiger partial charge in [0.2, 0.25) is 5.91 Å². The predicted octanol–water partition coefficient (Wildman–Crippen LogP) is 1.42. The minimum absolute atomic E-state index is 0. The smallest absolute Gasteiger partial charge is 0.221 e. The summed E-state index contributed by atoms with van der Waals surface area (Å²) in [6.45, 7) is 10.5. The van der Waals surface area contributed by atoms with Gasteiger partial charge in [-0.1, -0.05) is 13.8 Å². The van der Waals surface area contributed by atoms with Gasteiger partial charge in [-0.2, -0.15) is 0 Å². The molecule has 1 saturated heterocycles. The normalized spacial score (nSPS) is 18.5. The van der Waals surface area contributed by atoms with Gasteiger partial charge < -0.3 is 26.0 Å². The molecule has 154 valence electrons. The van der Waals surface area contributed by atoms with Crippen molar-refractivity contribution >= 4 is 35.8 Å². The fourth-order valence-corrected chi connectivity index (χ4v) is 2.92. The lowest BCUT2D eigenvalue weighted by atomic mass is 9.97. The highest BCUT2D eigenvalue weighted by molar-refractivity contribution is 14.0. The molecule has 0 aromatic carbocycles. The van der Waals surface area contributed by atoms with E-state index < -0.39 is 0 Å². The van der Waals surface area contributed by atoms with Crippen LogP contribution in [-0.2, 0) is 9.53 Å². The molecule has 0 saturated carbocycles. The summed E-state index contributed by atoms with van der Waals surface area (Å²) in [6.07, 6.45) is 3.98. The average molecular weight is 483 g/mol. The average Bonchev–Trinajstić information content (AvgIpc) is 2.59. The highest BCUT2D eigenvalue weighted by Crippen LogP contribution is 2.15. The molecule has 0 bridgehead atoms. The number of piperidine rings is 1. The van der Waals surface area contributed by atoms with Crippen LogP contribution in [0.5, 0.6) is 0 Å². The Labute approximate surface area is 175 Å². The van der Waals surface area contributed by atoms with Crippen LogP contribution in [0.3, 0.4) is 0 Å². The molecule has 0 aliphatic carbocycles. The van der Waals surface area contributed by atoms with Gasteiger partial charge in [0.05, 0.1) is 5.92 Å². The van der Waals surface area contributed by atoms with E-state index in [1.807, 2.05) is 0 Å². The number of ether oxygens (including phenoxy) is 1. The fourth-order valence-electron chi connectivity index (χ4n) is 2.92. The molecule has 1 amide bonds. The van der Waals surface area contributed by atoms with Crippen molar-refractivity contribution in [2.45, 2.75) is 39.5 Å². The van der Waals surface area contributed by atoms with E-state index in [0.29, 0.717) is 5.92 Å². The molecule has 4 N–H and O–H groups in total. The van der Waals surface area contributed by atoms with Gasteiger partial charge in [-0.25, -0.2) is 0 Å². The fraction of sp³-hybridized carbons (Fsp3) is 0.889. The van der Waals surface area contributed by atoms with Crippen LogP contribution in [0, 0.1) is 11.8 Å². The van der Waals surface area contributed by atoms with E-state index in [-0.39, 0.29) is 35.8 Å². The molecular weight excluding hydrogens is 445 g/mol. The summed E-state index contributed by atoms with van der Waals surface area (Å²) in [6, 6.07) is 0. The van der Waals surface area contributed by atoms with E-state index in [1.165, 1.54) is 0 Å². The van der Waals surface area contributed by atoms with Crippen molar-refractivity contribution in [1.29, 1.82) is 0 Å². The number of nitrogens with one attached hydrogen (secondary N) is 2. The molecule has 8 heteroatoms. The quantitative estimate of drug-likeness (QED) is 0.179. The molecule has 26 heavy (non-hydrogen) atoms. The molecule has 1 unspecified atom stereocenters. The number of nitrogens with two attached hydrogens (primary N) is 1. The molecule has 1 rings (SSSR count). The number of aliphatic imine (C=N–C) groups is 1. The first-order valence-electron chi connectivity index (χ1n) is 9.56. The van der Waals surface area contributed by atoms with Gasteiger partial charge in [0.1, 0.15) is 0 Å². The second-order valence-corrected chi connectivity index (χ2v) is 7.14. The van der Waals surface area contributed by atoms with Crippen LogP contribution in [0.2, 0.25) is 0 Å². The zero-order valence-corrected chi connectivity index (χ0v) is 19.0. The Balaban J connectivity index is 0.00000625. The third-order valence-corrected chi connectivity index (χ3v) is 4.28. The van der Waals surface area contributed by atoms with Crippen molar-refractivity contribution in [3.63, 3.8) is 0 Å². The molecule has 0 spiro atoms. The Hall–Kier alpha value is -0.610. The van der Waals surface area contributed by atoms with E-state index in [0.717, 1.165) is 77.6 Å². The van der Waals surface area contributed by atoms with Gasteiger partial charge in [0.25, 0.3) is 0 Å². The lowest BCUT2D eigenvalue weighted by molar-refractivity contribution is -0.123. The first-order chi connectivity index (χ1) is 12.0. The summed E-state index contributed by atoms with van der Waals surface area (Å²) >= 11 is 0. The summed E-state index contributed by atoms with van der Waals surface area (Å²) in [5.41, 5.74) is 5.42. The number of carbonyl (C=O) groups excluding carboxylic acids is 1. The highest BCUT2D eigenvalue weighted by Gasteiger charge is 2.23. The molecule has 7 nitrogen and oxygen atoms in total. The van der Waals surface area contributed by atoms with Gasteiger partial charge in [-0.15, -0.1) is 24.0 Å². The predicted molar refractivity (Wildman–Crippen MR) is 118 cm³/mol. The van der Waals surface area contributed by atoms with Gasteiger partial charge >= 0.3 is 0 Å². The second-order valence-electron chi connectivity index (χ2n) is 7.14. The van der Waals surface area contributed by atoms with Crippen molar-refractivity contribution < 1.29 is 9.53 Å². The van der Waals surface area contributed by atoms with Gasteiger partial charge in [-0.3, -0.25) is 9.79 Å². The topological polar surface area (TPSA) is 92.0 Å². The second kappa shape index (κ2) is 15.4. The van der Waals surface area contributed by atoms with Crippen molar-refractivity contribution in [2.75, 3.05) is 53.0 Å². The van der Waals surface area contributed by atoms with E-state index in [1.54, 1.807) is 7.05 Å². The van der Waals surface area contributed by atoms with Gasteiger partial charge in [-0.05, 0) is 44.7 Å². The number of primary amides is 1. The number of hydrogen-bond acceptors (Lipinski definition) is 4. The number of nitrogens with zero attached hydrogens (tertiary/aromatic N) is 2. The van der Waals surface area contributed by atoms with Crippen molar-refractivity contribution in [1.82, 2.24) is 15.5 Å². The molecule has 1 atom stereocenters. The molecule has 1 heterocycles. The largest absolute Gasteiger partial charge is 0.381 e. The Morgan fingerprint density at radius 3 is 2.62 bits per heavy atom. The van der Waals surface area contributed by atoms with Crippen LogP contribution in [0.4, 0.5) is 0 Å². The Kier molecular flexibility index (Phi) is 15.1. The summed E-state index contributed by atoms with van der Waals surface area (Å²) in [4.78, 5) is 17.9. The van der Waals surface area contributed by atoms with Crippen LogP contribution in [0.1, 0.15) is 39.5 Å². The zero-order valence-electron chi connectivity index (χ0n) is 16.6. The van der Waals surface area contributed by atoms with Crippen molar-refractivity contribution in [2.24, 2.45) is 22.6 Å². The zero-order chi connectivity index (χ0) is 18.5. The number of rotatable bonds is 11. The number of carbonyl (C=O) groups is 1. The number of hydrogen-bond donors (Lipinski definition) is 3. The molecule has 1 aliphatic heterocycles. The standard InChI is InChI=1S/C18H37N5O2.HI/c1-15(2)14-25-12-6-9-22-18(20-3)21-8-5-11-23-10-4-7-16(13-23)17(19)24;/h15-16H,4-14H2,1-3H3,(H2,19,24)(H2,20,21,22);1H. The maximum absolute atomic E-state index is 11.3. The first-order valence-corrected chi connectivity index (χ1v) is 9.56. The number of guanidine groups is 1. The minimum atomic E-state index is -0.162. The Bertz CT molecular complexity index is 407. The van der Waals surface area contributed by atoms with Gasteiger partial charge in [0, 0.05) is 39.9 Å². The highest BCUT2D eigenvalue weighted by atomic mass is 127. The van der Waals surface area contributed by atoms with Gasteiger partial charge in [0.15, 0.2) is 5.96 Å². The first kappa shape index (κ1) is 25.4. The van der Waals surface area contributed by atoms with Crippen LogP contribution in [0.15, 0.2) is 4.99 Å². The van der Waals surface area contributed by atoms with Crippen LogP contribution < -0.4 is 16.4 Å². The summed E-state index contributed by atoms with van der Waals surface area (Å²) in [5.74, 6) is 1.27. The lowest BCUT2D eigenvalue weighted by Crippen LogP contribution is -2.43. The summed E-state index contributed by atoms with van der Waals surface area (Å²) in [7, 11) is 1.78. The summed E-state index contributed by atoms with van der Waals surface area (Å²) < 4.78 is 5.56. The lowest BCUT2D eigenvalue weighted by Gasteiger charge is -2.31. The molecular formula is C18H38IN5O2. The molecule has 0 aromatic heterocycles. The number of likely N-dealkylation sites (tertiary alicyclic amines) is 1. The number of amides is 1. The summed E-state index contributed by atoms with van der Waals surface area (Å²) in [5, 5.41) is 6.63. The van der Waals surface area contributed by atoms with Crippen LogP contribution in [0.25, 0.3) is 0 Å². The number of halogens is 1. The third kappa shape index (κ3) is 11.9. The van der Waals surface area contributed by atoms with Crippen LogP contribution in [-0.4, -0.2) is 69.8 Å². The maximum atomic E-state index is 11.3. The van der Waals surface area contributed by atoms with Crippen molar-refractivity contribution in [3.8, 4) is 0 Å². The molecule has 0 radical (unpaired) electrons. The SMILES string of the molecule is CN=C(NCCCOCC(C)C)NCCCN1CCCC(C(N)=O)C1.I. The molecule has 0 aromatic rings. The van der Waals surface area contributed by atoms with E-state index in [9.17, 15) is 4.79 Å². The molecule has 1 aliphatic rings. The monoisotopic (exact) mass is 483 g/mol. The van der Waals surface area contributed by atoms with Crippen molar-refractivity contribution in [3.05, 3.63) is 0 Å². The van der Waals surface area contributed by atoms with E-state index in [2.05, 4.69) is 34.4 Å². The Morgan fingerprint density at radius 2 is 2.00 bits per heavy atom. The minimum Gasteiger partial charge on any atom is -0.381 e. The maximum Gasteiger partial charge on any atom is 0.221 e.